The van der Waals surface area contributed by atoms with E-state index in [1.54, 1.807) is 15.9 Å². The number of nitrogens with zero attached hydrogens (tertiary/aromatic N) is 5. The number of hydrogen-bond acceptors (Lipinski definition) is 6. The molecular formula is C22H26Cl2FN5O4S. The van der Waals surface area contributed by atoms with Gasteiger partial charge in [0.1, 0.15) is 0 Å². The lowest BCUT2D eigenvalue weighted by Gasteiger charge is -2.35. The number of hydrogen-bond donors (Lipinski definition) is 0. The summed E-state index contributed by atoms with van der Waals surface area (Å²) in [5.41, 5.74) is 0.972. The van der Waals surface area contributed by atoms with E-state index in [1.165, 1.54) is 10.6 Å². The van der Waals surface area contributed by atoms with Crippen LogP contribution in [0.15, 0.2) is 30.6 Å². The highest BCUT2D eigenvalue weighted by Gasteiger charge is 2.38. The number of piperazine rings is 1. The van der Waals surface area contributed by atoms with Gasteiger partial charge in [-0.2, -0.15) is 4.31 Å². The second-order valence-electron chi connectivity index (χ2n) is 8.70. The zero-order valence-electron chi connectivity index (χ0n) is 19.1. The third-order valence-corrected chi connectivity index (χ3v) is 8.42. The largest absolute Gasteiger partial charge is 0.463 e. The Morgan fingerprint density at radius 2 is 1.77 bits per heavy atom. The molecule has 2 unspecified atom stereocenters. The molecule has 2 aliphatic heterocycles. The average Bonchev–Trinajstić information content (AvgIpc) is 3.25. The minimum Gasteiger partial charge on any atom is -0.463 e. The summed E-state index contributed by atoms with van der Waals surface area (Å²) in [6.45, 7) is 2.53. The van der Waals surface area contributed by atoms with Crippen molar-refractivity contribution >= 4 is 39.3 Å². The van der Waals surface area contributed by atoms with Gasteiger partial charge < -0.3 is 14.5 Å². The maximum atomic E-state index is 13.3. The lowest BCUT2D eigenvalue weighted by Crippen LogP contribution is -2.53. The van der Waals surface area contributed by atoms with Gasteiger partial charge in [-0.1, -0.05) is 29.3 Å². The lowest BCUT2D eigenvalue weighted by molar-refractivity contribution is 0.140. The quantitative estimate of drug-likeness (QED) is 0.553. The van der Waals surface area contributed by atoms with Crippen molar-refractivity contribution in [2.24, 2.45) is 5.92 Å². The summed E-state index contributed by atoms with van der Waals surface area (Å²) in [7, 11) is -3.28. The van der Waals surface area contributed by atoms with E-state index in [1.807, 2.05) is 12.1 Å². The van der Waals surface area contributed by atoms with E-state index in [4.69, 9.17) is 27.9 Å². The average molecular weight is 546 g/mol. The van der Waals surface area contributed by atoms with Gasteiger partial charge in [0.15, 0.2) is 5.82 Å². The zero-order valence-corrected chi connectivity index (χ0v) is 21.4. The molecule has 3 heterocycles. The summed E-state index contributed by atoms with van der Waals surface area (Å²) in [4.78, 5) is 24.4. The molecule has 0 saturated carbocycles. The van der Waals surface area contributed by atoms with Gasteiger partial charge in [-0.15, -0.1) is 0 Å². The molecule has 13 heteroatoms. The molecule has 1 aromatic heterocycles. The van der Waals surface area contributed by atoms with E-state index in [0.29, 0.717) is 49.3 Å². The van der Waals surface area contributed by atoms with Crippen LogP contribution < -0.4 is 4.74 Å². The summed E-state index contributed by atoms with van der Waals surface area (Å²) in [6, 6.07) is 5.45. The van der Waals surface area contributed by atoms with Gasteiger partial charge >= 0.3 is 12.0 Å². The fraction of sp³-hybridized carbons (Fsp3) is 0.500. The molecule has 2 aliphatic rings. The molecule has 9 nitrogen and oxygen atoms in total. The van der Waals surface area contributed by atoms with Crippen LogP contribution in [-0.4, -0.2) is 90.7 Å². The monoisotopic (exact) mass is 545 g/mol. The number of benzene rings is 1. The van der Waals surface area contributed by atoms with Gasteiger partial charge in [0.25, 0.3) is 0 Å². The third kappa shape index (κ3) is 6.32. The molecular weight excluding hydrogens is 520 g/mol. The standard InChI is InChI=1S/C22H26Cl2FN5O4S/c1-35(32,33)30-7-5-28(6-8-30)22(31)29-13-16(4-9-34-21-26-11-17(25)12-27-21)18(14-29)15-2-3-19(23)20(24)10-15/h2-3,10-12,16,18H,4-9,13-14H2,1H3. The fourth-order valence-corrected chi connectivity index (χ4v) is 5.66. The number of carbonyl (C=O) groups is 1. The van der Waals surface area contributed by atoms with Crippen molar-refractivity contribution in [3.63, 3.8) is 0 Å². The number of urea groups is 1. The van der Waals surface area contributed by atoms with Crippen LogP contribution in [0.3, 0.4) is 0 Å². The molecule has 0 bridgehead atoms. The van der Waals surface area contributed by atoms with Crippen LogP contribution in [0.1, 0.15) is 17.9 Å². The molecule has 0 radical (unpaired) electrons. The molecule has 0 aliphatic carbocycles. The summed E-state index contributed by atoms with van der Waals surface area (Å²) in [6.07, 6.45) is 3.87. The first-order valence-electron chi connectivity index (χ1n) is 11.2. The SMILES string of the molecule is CS(=O)(=O)N1CCN(C(=O)N2CC(CCOc3ncc(F)cn3)C(c3ccc(Cl)c(Cl)c3)C2)CC1. The maximum Gasteiger partial charge on any atom is 0.320 e. The Kier molecular flexibility index (Phi) is 7.99. The number of ether oxygens (including phenoxy) is 1. The van der Waals surface area contributed by atoms with Crippen molar-refractivity contribution in [3.05, 3.63) is 52.0 Å². The lowest BCUT2D eigenvalue weighted by atomic mass is 9.87. The Morgan fingerprint density at radius 1 is 1.09 bits per heavy atom. The van der Waals surface area contributed by atoms with Crippen molar-refractivity contribution in [1.29, 1.82) is 0 Å². The molecule has 2 saturated heterocycles. The van der Waals surface area contributed by atoms with Crippen LogP contribution in [-0.2, 0) is 10.0 Å². The minimum absolute atomic E-state index is 0.00348. The van der Waals surface area contributed by atoms with Gasteiger partial charge in [0.05, 0.1) is 35.3 Å². The zero-order chi connectivity index (χ0) is 25.2. The van der Waals surface area contributed by atoms with Crippen LogP contribution in [0.4, 0.5) is 9.18 Å². The number of amides is 2. The Labute approximate surface area is 213 Å². The van der Waals surface area contributed by atoms with E-state index >= 15 is 0 Å². The molecule has 190 valence electrons. The number of likely N-dealkylation sites (tertiary alicyclic amines) is 1. The van der Waals surface area contributed by atoms with Crippen molar-refractivity contribution in [2.45, 2.75) is 12.3 Å². The Morgan fingerprint density at radius 3 is 2.40 bits per heavy atom. The highest BCUT2D eigenvalue weighted by molar-refractivity contribution is 7.88. The smallest absolute Gasteiger partial charge is 0.320 e. The van der Waals surface area contributed by atoms with Gasteiger partial charge in [-0.3, -0.25) is 0 Å². The van der Waals surface area contributed by atoms with Crippen molar-refractivity contribution < 1.29 is 22.3 Å². The number of carbonyl (C=O) groups excluding carboxylic acids is 1. The summed E-state index contributed by atoms with van der Waals surface area (Å²) in [5.74, 6) is -0.475. The minimum atomic E-state index is -3.28. The predicted molar refractivity (Wildman–Crippen MR) is 130 cm³/mol. The molecule has 35 heavy (non-hydrogen) atoms. The number of aromatic nitrogens is 2. The van der Waals surface area contributed by atoms with Gasteiger partial charge in [-0.25, -0.2) is 27.6 Å². The first-order chi connectivity index (χ1) is 16.6. The van der Waals surface area contributed by atoms with Crippen molar-refractivity contribution in [3.8, 4) is 6.01 Å². The summed E-state index contributed by atoms with van der Waals surface area (Å²) >= 11 is 12.4. The van der Waals surface area contributed by atoms with Gasteiger partial charge in [0, 0.05) is 45.2 Å². The second-order valence-corrected chi connectivity index (χ2v) is 11.5. The topological polar surface area (TPSA) is 95.9 Å². The van der Waals surface area contributed by atoms with Gasteiger partial charge in [0.2, 0.25) is 10.0 Å². The highest BCUT2D eigenvalue weighted by atomic mass is 35.5. The third-order valence-electron chi connectivity index (χ3n) is 6.38. The molecule has 0 spiro atoms. The number of rotatable bonds is 6. The van der Waals surface area contributed by atoms with E-state index in [0.717, 1.165) is 18.0 Å². The molecule has 2 amide bonds. The fourth-order valence-electron chi connectivity index (χ4n) is 4.53. The van der Waals surface area contributed by atoms with Crippen LogP contribution in [0.5, 0.6) is 6.01 Å². The normalized spacial score (nSPS) is 21.4. The summed E-state index contributed by atoms with van der Waals surface area (Å²) in [5, 5.41) is 0.902. The first kappa shape index (κ1) is 25.9. The first-order valence-corrected chi connectivity index (χ1v) is 13.8. The van der Waals surface area contributed by atoms with Crippen LogP contribution in [0.25, 0.3) is 0 Å². The van der Waals surface area contributed by atoms with Gasteiger partial charge in [-0.05, 0) is 30.0 Å². The number of halogens is 3. The molecule has 1 aromatic carbocycles. The Hall–Kier alpha value is -2.21. The van der Waals surface area contributed by atoms with E-state index in [9.17, 15) is 17.6 Å². The molecule has 2 aromatic rings. The van der Waals surface area contributed by atoms with Crippen molar-refractivity contribution in [1.82, 2.24) is 24.1 Å². The molecule has 2 fully saturated rings. The van der Waals surface area contributed by atoms with Crippen LogP contribution >= 0.6 is 23.2 Å². The van der Waals surface area contributed by atoms with Crippen molar-refractivity contribution in [2.75, 3.05) is 52.1 Å². The van der Waals surface area contributed by atoms with Crippen LogP contribution in [0.2, 0.25) is 10.0 Å². The molecule has 0 N–H and O–H groups in total. The maximum absolute atomic E-state index is 13.3. The molecule has 2 atom stereocenters. The Balaban J connectivity index is 1.44. The summed E-state index contributed by atoms with van der Waals surface area (Å²) < 4.78 is 43.6. The molecule has 4 rings (SSSR count). The van der Waals surface area contributed by atoms with E-state index < -0.39 is 15.8 Å². The van der Waals surface area contributed by atoms with E-state index in [-0.39, 0.29) is 37.0 Å². The van der Waals surface area contributed by atoms with E-state index in [2.05, 4.69) is 9.97 Å². The predicted octanol–water partition coefficient (Wildman–Crippen LogP) is 3.10. The second kappa shape index (κ2) is 10.8. The highest BCUT2D eigenvalue weighted by Crippen LogP contribution is 2.37. The number of sulfonamides is 1. The van der Waals surface area contributed by atoms with Crippen LogP contribution in [0, 0.1) is 11.7 Å². The Bertz CT molecular complexity index is 1160.